The van der Waals surface area contributed by atoms with Crippen molar-refractivity contribution in [3.8, 4) is 0 Å². The predicted molar refractivity (Wildman–Crippen MR) is 57.1 cm³/mol. The Morgan fingerprint density at radius 2 is 1.87 bits per heavy atom. The van der Waals surface area contributed by atoms with E-state index in [9.17, 15) is 4.39 Å². The summed E-state index contributed by atoms with van der Waals surface area (Å²) in [7, 11) is 0. The Labute approximate surface area is 87.1 Å². The van der Waals surface area contributed by atoms with Gasteiger partial charge in [-0.25, -0.2) is 4.39 Å². The summed E-state index contributed by atoms with van der Waals surface area (Å²) in [4.78, 5) is 4.15. The van der Waals surface area contributed by atoms with Crippen LogP contribution in [0.1, 0.15) is 11.5 Å². The normalized spacial score (nSPS) is 11.1. The van der Waals surface area contributed by atoms with Gasteiger partial charge in [-0.15, -0.1) is 0 Å². The lowest BCUT2D eigenvalue weighted by Crippen LogP contribution is -1.75. The van der Waals surface area contributed by atoms with Crippen LogP contribution in [0.15, 0.2) is 45.8 Å². The Balaban J connectivity index is 2.14. The van der Waals surface area contributed by atoms with Gasteiger partial charge >= 0.3 is 0 Å². The second kappa shape index (κ2) is 4.09. The summed E-state index contributed by atoms with van der Waals surface area (Å²) < 4.78 is 17.9. The summed E-state index contributed by atoms with van der Waals surface area (Å²) in [6.45, 7) is 1.87. The molecule has 0 radical (unpaired) electrons. The van der Waals surface area contributed by atoms with E-state index in [-0.39, 0.29) is 5.82 Å². The quantitative estimate of drug-likeness (QED) is 0.686. The largest absolute Gasteiger partial charge is 0.460 e. The van der Waals surface area contributed by atoms with Gasteiger partial charge in [0.2, 0.25) is 0 Å². The Bertz CT molecular complexity index is 471. The fourth-order valence-electron chi connectivity index (χ4n) is 1.19. The van der Waals surface area contributed by atoms with E-state index >= 15 is 0 Å². The van der Waals surface area contributed by atoms with Gasteiger partial charge in [0.25, 0.3) is 0 Å². The second-order valence-electron chi connectivity index (χ2n) is 3.18. The van der Waals surface area contributed by atoms with Gasteiger partial charge in [-0.3, -0.25) is 4.99 Å². The van der Waals surface area contributed by atoms with Gasteiger partial charge in [0, 0.05) is 0 Å². The first-order valence-electron chi connectivity index (χ1n) is 4.60. The van der Waals surface area contributed by atoms with Gasteiger partial charge in [0.05, 0.1) is 11.9 Å². The maximum atomic E-state index is 12.6. The molecule has 0 bridgehead atoms. The molecule has 0 fully saturated rings. The van der Waals surface area contributed by atoms with Crippen LogP contribution in [0.5, 0.6) is 0 Å². The molecule has 0 saturated carbocycles. The molecule has 0 aliphatic rings. The van der Waals surface area contributed by atoms with E-state index in [1.54, 1.807) is 18.3 Å². The minimum absolute atomic E-state index is 0.261. The maximum Gasteiger partial charge on any atom is 0.145 e. The van der Waals surface area contributed by atoms with Crippen LogP contribution < -0.4 is 0 Å². The first-order valence-corrected chi connectivity index (χ1v) is 4.60. The molecule has 1 aromatic carbocycles. The molecular formula is C12H10FNO. The van der Waals surface area contributed by atoms with Crippen molar-refractivity contribution in [2.75, 3.05) is 0 Å². The zero-order chi connectivity index (χ0) is 10.7. The fraction of sp³-hybridized carbons (Fsp3) is 0.0833. The Kier molecular flexibility index (Phi) is 2.63. The second-order valence-corrected chi connectivity index (χ2v) is 3.18. The standard InChI is InChI=1S/C12H10FNO/c1-9-2-7-12(15-9)8-14-11-5-3-10(13)4-6-11/h2-8H,1H3/b14-8+. The van der Waals surface area contributed by atoms with Crippen molar-refractivity contribution in [1.82, 2.24) is 0 Å². The van der Waals surface area contributed by atoms with E-state index in [0.717, 1.165) is 5.76 Å². The van der Waals surface area contributed by atoms with E-state index in [4.69, 9.17) is 4.42 Å². The Morgan fingerprint density at radius 3 is 2.47 bits per heavy atom. The van der Waals surface area contributed by atoms with Crippen LogP contribution >= 0.6 is 0 Å². The average Bonchev–Trinajstić information content (AvgIpc) is 2.64. The average molecular weight is 203 g/mol. The van der Waals surface area contributed by atoms with E-state index < -0.39 is 0 Å². The van der Waals surface area contributed by atoms with Crippen LogP contribution in [0.3, 0.4) is 0 Å². The number of rotatable bonds is 2. The van der Waals surface area contributed by atoms with Crippen LogP contribution in [0.25, 0.3) is 0 Å². The van der Waals surface area contributed by atoms with Crippen molar-refractivity contribution in [3.63, 3.8) is 0 Å². The zero-order valence-corrected chi connectivity index (χ0v) is 8.27. The molecular weight excluding hydrogens is 193 g/mol. The predicted octanol–water partition coefficient (Wildman–Crippen LogP) is 3.48. The number of hydrogen-bond donors (Lipinski definition) is 0. The molecule has 0 N–H and O–H groups in total. The minimum atomic E-state index is -0.261. The van der Waals surface area contributed by atoms with Crippen molar-refractivity contribution < 1.29 is 8.81 Å². The number of hydrogen-bond acceptors (Lipinski definition) is 2. The molecule has 0 aliphatic carbocycles. The summed E-state index contributed by atoms with van der Waals surface area (Å²) in [6.07, 6.45) is 1.61. The summed E-state index contributed by atoms with van der Waals surface area (Å²) in [5.41, 5.74) is 0.699. The van der Waals surface area contributed by atoms with Crippen LogP contribution in [-0.4, -0.2) is 6.21 Å². The van der Waals surface area contributed by atoms with Gasteiger partial charge in [-0.1, -0.05) is 0 Å². The lowest BCUT2D eigenvalue weighted by molar-refractivity contribution is 0.528. The Hall–Kier alpha value is -1.90. The number of halogens is 1. The van der Waals surface area contributed by atoms with Crippen molar-refractivity contribution in [1.29, 1.82) is 0 Å². The SMILES string of the molecule is Cc1ccc(/C=N/c2ccc(F)cc2)o1. The smallest absolute Gasteiger partial charge is 0.145 e. The third-order valence-electron chi connectivity index (χ3n) is 1.93. The highest BCUT2D eigenvalue weighted by molar-refractivity contribution is 5.78. The summed E-state index contributed by atoms with van der Waals surface area (Å²) in [5, 5.41) is 0. The van der Waals surface area contributed by atoms with Crippen molar-refractivity contribution in [2.45, 2.75) is 6.92 Å². The zero-order valence-electron chi connectivity index (χ0n) is 8.27. The van der Waals surface area contributed by atoms with Gasteiger partial charge in [0.1, 0.15) is 17.3 Å². The van der Waals surface area contributed by atoms with Crippen molar-refractivity contribution in [2.24, 2.45) is 4.99 Å². The summed E-state index contributed by atoms with van der Waals surface area (Å²) in [6, 6.07) is 9.68. The van der Waals surface area contributed by atoms with Crippen LogP contribution in [0.2, 0.25) is 0 Å². The van der Waals surface area contributed by atoms with Crippen LogP contribution in [0, 0.1) is 12.7 Å². The molecule has 2 nitrogen and oxygen atoms in total. The number of furan rings is 1. The van der Waals surface area contributed by atoms with E-state index in [1.165, 1.54) is 12.1 Å². The molecule has 76 valence electrons. The summed E-state index contributed by atoms with van der Waals surface area (Å²) >= 11 is 0. The lowest BCUT2D eigenvalue weighted by atomic mass is 10.3. The first kappa shape index (κ1) is 9.65. The highest BCUT2D eigenvalue weighted by Gasteiger charge is 1.94. The molecule has 2 rings (SSSR count). The molecule has 0 amide bonds. The molecule has 15 heavy (non-hydrogen) atoms. The molecule has 0 atom stereocenters. The molecule has 0 spiro atoms. The van der Waals surface area contributed by atoms with Gasteiger partial charge in [-0.05, 0) is 43.3 Å². The minimum Gasteiger partial charge on any atom is -0.460 e. The first-order chi connectivity index (χ1) is 7.24. The van der Waals surface area contributed by atoms with Gasteiger partial charge in [0.15, 0.2) is 0 Å². The molecule has 0 saturated heterocycles. The lowest BCUT2D eigenvalue weighted by Gasteiger charge is -1.91. The van der Waals surface area contributed by atoms with Crippen LogP contribution in [-0.2, 0) is 0 Å². The molecule has 0 aliphatic heterocycles. The molecule has 1 aromatic heterocycles. The number of aryl methyl sites for hydroxylation is 1. The Morgan fingerprint density at radius 1 is 1.13 bits per heavy atom. The third kappa shape index (κ3) is 2.53. The summed E-state index contributed by atoms with van der Waals surface area (Å²) in [5.74, 6) is 1.27. The number of benzene rings is 1. The van der Waals surface area contributed by atoms with E-state index in [2.05, 4.69) is 4.99 Å². The molecule has 3 heteroatoms. The topological polar surface area (TPSA) is 25.5 Å². The third-order valence-corrected chi connectivity index (χ3v) is 1.93. The van der Waals surface area contributed by atoms with Crippen LogP contribution in [0.4, 0.5) is 10.1 Å². The van der Waals surface area contributed by atoms with Crippen molar-refractivity contribution in [3.05, 3.63) is 53.7 Å². The molecule has 2 aromatic rings. The highest BCUT2D eigenvalue weighted by Crippen LogP contribution is 2.12. The number of aliphatic imine (C=N–C) groups is 1. The fourth-order valence-corrected chi connectivity index (χ4v) is 1.19. The van der Waals surface area contributed by atoms with E-state index in [0.29, 0.717) is 11.4 Å². The molecule has 1 heterocycles. The van der Waals surface area contributed by atoms with Gasteiger partial charge in [-0.2, -0.15) is 0 Å². The van der Waals surface area contributed by atoms with E-state index in [1.807, 2.05) is 19.1 Å². The van der Waals surface area contributed by atoms with Gasteiger partial charge < -0.3 is 4.42 Å². The maximum absolute atomic E-state index is 12.6. The highest BCUT2D eigenvalue weighted by atomic mass is 19.1. The van der Waals surface area contributed by atoms with Crippen molar-refractivity contribution >= 4 is 11.9 Å². The monoisotopic (exact) mass is 203 g/mol. The molecule has 0 unspecified atom stereocenters. The number of nitrogens with zero attached hydrogens (tertiary/aromatic N) is 1.